The molecule has 0 bridgehead atoms. The number of aryl methyl sites for hydroxylation is 1. The Hall–Kier alpha value is -3.19. The molecule has 1 aromatic heterocycles. The van der Waals surface area contributed by atoms with Crippen molar-refractivity contribution < 1.29 is 18.4 Å². The molecule has 0 spiro atoms. The zero-order chi connectivity index (χ0) is 20.5. The second-order valence-corrected chi connectivity index (χ2v) is 7.50. The second kappa shape index (κ2) is 7.67. The Morgan fingerprint density at radius 3 is 2.72 bits per heavy atom. The van der Waals surface area contributed by atoms with Gasteiger partial charge in [0.05, 0.1) is 11.4 Å². The molecule has 0 unspecified atom stereocenters. The highest BCUT2D eigenvalue weighted by atomic mass is 32.1. The number of halogens is 2. The number of carbonyl (C=O) groups is 2. The minimum Gasteiger partial charge on any atom is -0.289 e. The number of hydrogen-bond acceptors (Lipinski definition) is 4. The smallest absolute Gasteiger partial charge is 0.230 e. The Bertz CT molecular complexity index is 1150. The van der Waals surface area contributed by atoms with Gasteiger partial charge in [-0.25, -0.2) is 13.8 Å². The summed E-state index contributed by atoms with van der Waals surface area (Å²) >= 11 is 1.15. The molecule has 0 saturated heterocycles. The Morgan fingerprint density at radius 1 is 1.17 bits per heavy atom. The number of amides is 1. The van der Waals surface area contributed by atoms with Gasteiger partial charge in [0.1, 0.15) is 11.6 Å². The molecule has 0 N–H and O–H groups in total. The van der Waals surface area contributed by atoms with Crippen LogP contribution in [-0.2, 0) is 11.2 Å². The molecule has 1 heterocycles. The molecule has 4 rings (SSSR count). The fraction of sp³-hybridized carbons (Fsp3) is 0.136. The lowest BCUT2D eigenvalue weighted by Gasteiger charge is -2.18. The summed E-state index contributed by atoms with van der Waals surface area (Å²) < 4.78 is 27.4. The largest absolute Gasteiger partial charge is 0.289 e. The standard InChI is InChI=1S/C22H16F2N2O2S/c1-13(27)26(20-9-8-16(23)11-19(20)24)22-25-17(12-29-22)10-15-7-6-14-4-2-3-5-18(14)21(15)28/h2-5,8-12H,6-7H2,1H3/b15-10+. The Kier molecular flexibility index (Phi) is 5.07. The lowest BCUT2D eigenvalue weighted by atomic mass is 9.86. The van der Waals surface area contributed by atoms with Crippen molar-refractivity contribution in [2.75, 3.05) is 4.90 Å². The third kappa shape index (κ3) is 3.73. The number of ketones is 1. The van der Waals surface area contributed by atoms with Crippen molar-refractivity contribution in [3.8, 4) is 0 Å². The van der Waals surface area contributed by atoms with E-state index in [-0.39, 0.29) is 16.6 Å². The predicted molar refractivity (Wildman–Crippen MR) is 108 cm³/mol. The summed E-state index contributed by atoms with van der Waals surface area (Å²) in [4.78, 5) is 30.3. The molecule has 0 saturated carbocycles. The van der Waals surface area contributed by atoms with Gasteiger partial charge in [0.15, 0.2) is 10.9 Å². The zero-order valence-corrected chi connectivity index (χ0v) is 16.3. The monoisotopic (exact) mass is 410 g/mol. The predicted octanol–water partition coefficient (Wildman–Crippen LogP) is 5.32. The molecule has 0 radical (unpaired) electrons. The van der Waals surface area contributed by atoms with Crippen LogP contribution < -0.4 is 4.90 Å². The molecule has 0 fully saturated rings. The molecule has 29 heavy (non-hydrogen) atoms. The first-order valence-electron chi connectivity index (χ1n) is 8.98. The van der Waals surface area contributed by atoms with Crippen molar-refractivity contribution in [2.45, 2.75) is 19.8 Å². The molecule has 2 aromatic carbocycles. The van der Waals surface area contributed by atoms with Crippen molar-refractivity contribution in [1.82, 2.24) is 4.98 Å². The van der Waals surface area contributed by atoms with E-state index in [1.807, 2.05) is 24.3 Å². The first-order valence-corrected chi connectivity index (χ1v) is 9.86. The van der Waals surface area contributed by atoms with Gasteiger partial charge in [0.25, 0.3) is 0 Å². The summed E-state index contributed by atoms with van der Waals surface area (Å²) in [5.74, 6) is -2.06. The van der Waals surface area contributed by atoms with Crippen molar-refractivity contribution in [1.29, 1.82) is 0 Å². The van der Waals surface area contributed by atoms with Gasteiger partial charge in [-0.1, -0.05) is 24.3 Å². The van der Waals surface area contributed by atoms with Crippen LogP contribution in [0.2, 0.25) is 0 Å². The highest BCUT2D eigenvalue weighted by Gasteiger charge is 2.23. The quantitative estimate of drug-likeness (QED) is 0.549. The first-order chi connectivity index (χ1) is 13.9. The fourth-order valence-electron chi connectivity index (χ4n) is 3.35. The van der Waals surface area contributed by atoms with Gasteiger partial charge >= 0.3 is 0 Å². The summed E-state index contributed by atoms with van der Waals surface area (Å²) in [6.45, 7) is 1.28. The van der Waals surface area contributed by atoms with E-state index in [0.717, 1.165) is 40.4 Å². The van der Waals surface area contributed by atoms with Crippen molar-refractivity contribution in [3.63, 3.8) is 0 Å². The van der Waals surface area contributed by atoms with Crippen LogP contribution in [0.15, 0.2) is 53.4 Å². The maximum absolute atomic E-state index is 14.2. The van der Waals surface area contributed by atoms with E-state index in [1.54, 1.807) is 11.5 Å². The summed E-state index contributed by atoms with van der Waals surface area (Å²) in [5, 5.41) is 1.95. The molecule has 146 valence electrons. The molecule has 0 aliphatic heterocycles. The molecule has 7 heteroatoms. The summed E-state index contributed by atoms with van der Waals surface area (Å²) in [6.07, 6.45) is 3.08. The Balaban J connectivity index is 1.66. The minimum atomic E-state index is -0.852. The maximum Gasteiger partial charge on any atom is 0.230 e. The van der Waals surface area contributed by atoms with Crippen LogP contribution in [-0.4, -0.2) is 16.7 Å². The van der Waals surface area contributed by atoms with E-state index in [4.69, 9.17) is 0 Å². The number of fused-ring (bicyclic) bond motifs is 1. The topological polar surface area (TPSA) is 50.3 Å². The van der Waals surface area contributed by atoms with Crippen LogP contribution in [0.4, 0.5) is 19.6 Å². The fourth-order valence-corrected chi connectivity index (χ4v) is 4.18. The summed E-state index contributed by atoms with van der Waals surface area (Å²) in [6, 6.07) is 10.5. The van der Waals surface area contributed by atoms with Crippen LogP contribution >= 0.6 is 11.3 Å². The van der Waals surface area contributed by atoms with Crippen molar-refractivity contribution >= 4 is 39.9 Å². The Morgan fingerprint density at radius 2 is 1.97 bits per heavy atom. The number of thiazole rings is 1. The van der Waals surface area contributed by atoms with Crippen LogP contribution in [0.5, 0.6) is 0 Å². The van der Waals surface area contributed by atoms with Gasteiger partial charge in [-0.15, -0.1) is 11.3 Å². The molecular formula is C22H16F2N2O2S. The van der Waals surface area contributed by atoms with Gasteiger partial charge in [0, 0.05) is 29.5 Å². The van der Waals surface area contributed by atoms with E-state index >= 15 is 0 Å². The van der Waals surface area contributed by atoms with Gasteiger partial charge in [-0.3, -0.25) is 14.5 Å². The molecule has 1 aliphatic carbocycles. The SMILES string of the molecule is CC(=O)N(c1nc(/C=C2\CCc3ccccc3C2=O)cs1)c1ccc(F)cc1F. The molecular weight excluding hydrogens is 394 g/mol. The third-order valence-electron chi connectivity index (χ3n) is 4.71. The molecule has 1 amide bonds. The highest BCUT2D eigenvalue weighted by Crippen LogP contribution is 2.33. The minimum absolute atomic E-state index is 0.0330. The van der Waals surface area contributed by atoms with E-state index in [2.05, 4.69) is 4.98 Å². The first kappa shape index (κ1) is 19.1. The lowest BCUT2D eigenvalue weighted by Crippen LogP contribution is -2.23. The number of aromatic nitrogens is 1. The number of anilines is 2. The normalized spacial score (nSPS) is 14.7. The Labute approximate surface area is 170 Å². The van der Waals surface area contributed by atoms with Crippen LogP contribution in [0.25, 0.3) is 6.08 Å². The van der Waals surface area contributed by atoms with Crippen molar-refractivity contribution in [2.24, 2.45) is 0 Å². The maximum atomic E-state index is 14.2. The average molecular weight is 410 g/mol. The molecule has 4 nitrogen and oxygen atoms in total. The second-order valence-electron chi connectivity index (χ2n) is 6.66. The lowest BCUT2D eigenvalue weighted by molar-refractivity contribution is -0.115. The number of nitrogens with zero attached hydrogens (tertiary/aromatic N) is 2. The number of allylic oxidation sites excluding steroid dienone is 1. The number of rotatable bonds is 3. The number of benzene rings is 2. The van der Waals surface area contributed by atoms with Crippen LogP contribution in [0.3, 0.4) is 0 Å². The van der Waals surface area contributed by atoms with Gasteiger partial charge in [0.2, 0.25) is 5.91 Å². The van der Waals surface area contributed by atoms with Gasteiger partial charge in [-0.2, -0.15) is 0 Å². The van der Waals surface area contributed by atoms with E-state index < -0.39 is 17.5 Å². The number of hydrogen-bond donors (Lipinski definition) is 0. The van der Waals surface area contributed by atoms with Crippen LogP contribution in [0, 0.1) is 11.6 Å². The van der Waals surface area contributed by atoms with E-state index in [0.29, 0.717) is 23.3 Å². The number of Topliss-reactive ketones (excluding diaryl/α,β-unsaturated/α-hetero) is 1. The van der Waals surface area contributed by atoms with Gasteiger partial charge < -0.3 is 0 Å². The van der Waals surface area contributed by atoms with Crippen LogP contribution in [0.1, 0.15) is 35.0 Å². The average Bonchev–Trinajstić information content (AvgIpc) is 3.14. The molecule has 1 aliphatic rings. The van der Waals surface area contributed by atoms with Crippen molar-refractivity contribution in [3.05, 3.63) is 81.9 Å². The van der Waals surface area contributed by atoms with Gasteiger partial charge in [-0.05, 0) is 36.6 Å². The number of carbonyl (C=O) groups excluding carboxylic acids is 2. The molecule has 0 atom stereocenters. The van der Waals surface area contributed by atoms with E-state index in [1.165, 1.54) is 13.0 Å². The molecule has 3 aromatic rings. The highest BCUT2D eigenvalue weighted by molar-refractivity contribution is 7.14. The third-order valence-corrected chi connectivity index (χ3v) is 5.55. The summed E-state index contributed by atoms with van der Waals surface area (Å²) in [7, 11) is 0. The zero-order valence-electron chi connectivity index (χ0n) is 15.5. The summed E-state index contributed by atoms with van der Waals surface area (Å²) in [5.41, 5.74) is 2.81. The van der Waals surface area contributed by atoms with E-state index in [9.17, 15) is 18.4 Å².